The first-order chi connectivity index (χ1) is 10.2. The summed E-state index contributed by atoms with van der Waals surface area (Å²) in [7, 11) is 0. The summed E-state index contributed by atoms with van der Waals surface area (Å²) in [5, 5.41) is 27.3. The van der Waals surface area contributed by atoms with Gasteiger partial charge in [-0.2, -0.15) is 0 Å². The van der Waals surface area contributed by atoms with E-state index in [-0.39, 0.29) is 0 Å². The number of nitrogens with zero attached hydrogens (tertiary/aromatic N) is 5. The molecule has 0 aliphatic rings. The predicted octanol–water partition coefficient (Wildman–Crippen LogP) is 0.872. The van der Waals surface area contributed by atoms with Gasteiger partial charge in [-0.1, -0.05) is 12.1 Å². The number of carbonyl (C=O) groups is 1. The quantitative estimate of drug-likeness (QED) is 0.716. The van der Waals surface area contributed by atoms with Gasteiger partial charge < -0.3 is 10.4 Å². The smallest absolute Gasteiger partial charge is 0.335 e. The van der Waals surface area contributed by atoms with Crippen molar-refractivity contribution >= 4 is 17.4 Å². The normalized spacial score (nSPS) is 10.7. The Kier molecular flexibility index (Phi) is 3.42. The first kappa shape index (κ1) is 13.0. The van der Waals surface area contributed by atoms with Gasteiger partial charge in [-0.25, -0.2) is 4.79 Å². The number of hydrogen-bond acceptors (Lipinski definition) is 6. The highest BCUT2D eigenvalue weighted by Gasteiger charge is 2.04. The highest BCUT2D eigenvalue weighted by molar-refractivity contribution is 5.87. The van der Waals surface area contributed by atoms with Crippen molar-refractivity contribution in [3.63, 3.8) is 0 Å². The SMILES string of the molecule is O=C(O)c1cccc(CCNc2ccc3nnnn3n2)c1. The van der Waals surface area contributed by atoms with Crippen molar-refractivity contribution in [3.8, 4) is 0 Å². The van der Waals surface area contributed by atoms with Crippen molar-refractivity contribution in [1.29, 1.82) is 0 Å². The van der Waals surface area contributed by atoms with Crippen molar-refractivity contribution in [2.75, 3.05) is 11.9 Å². The van der Waals surface area contributed by atoms with Crippen LogP contribution in [0.5, 0.6) is 0 Å². The second-order valence-electron chi connectivity index (χ2n) is 4.43. The Hall–Kier alpha value is -3.03. The summed E-state index contributed by atoms with van der Waals surface area (Å²) in [4.78, 5) is 10.9. The number of hydrogen-bond donors (Lipinski definition) is 2. The van der Waals surface area contributed by atoms with Crippen LogP contribution in [0.3, 0.4) is 0 Å². The summed E-state index contributed by atoms with van der Waals surface area (Å²) in [5.41, 5.74) is 1.82. The van der Waals surface area contributed by atoms with E-state index in [0.717, 1.165) is 5.56 Å². The van der Waals surface area contributed by atoms with Gasteiger partial charge in [0, 0.05) is 6.54 Å². The molecule has 0 saturated carbocycles. The summed E-state index contributed by atoms with van der Waals surface area (Å²) >= 11 is 0. The number of fused-ring (bicyclic) bond motifs is 1. The Bertz CT molecular complexity index is 785. The summed E-state index contributed by atoms with van der Waals surface area (Å²) < 4.78 is 1.34. The molecule has 0 unspecified atom stereocenters. The number of carboxylic acid groups (broad SMARTS) is 1. The lowest BCUT2D eigenvalue weighted by Gasteiger charge is -2.06. The topological polar surface area (TPSA) is 105 Å². The van der Waals surface area contributed by atoms with E-state index in [1.807, 2.05) is 6.07 Å². The van der Waals surface area contributed by atoms with Gasteiger partial charge >= 0.3 is 5.97 Å². The second kappa shape index (κ2) is 5.53. The van der Waals surface area contributed by atoms with Gasteiger partial charge in [0.2, 0.25) is 0 Å². The molecule has 0 bridgehead atoms. The zero-order valence-corrected chi connectivity index (χ0v) is 11.0. The van der Waals surface area contributed by atoms with Crippen LogP contribution < -0.4 is 5.32 Å². The maximum absolute atomic E-state index is 10.9. The van der Waals surface area contributed by atoms with E-state index in [9.17, 15) is 4.79 Å². The molecule has 3 aromatic rings. The van der Waals surface area contributed by atoms with Crippen molar-refractivity contribution < 1.29 is 9.90 Å². The standard InChI is InChI=1S/C13H12N6O2/c20-13(21)10-3-1-2-9(8-10)6-7-14-11-4-5-12-15-17-18-19(12)16-11/h1-5,8H,6-7H2,(H,14,16)(H,20,21). The summed E-state index contributed by atoms with van der Waals surface area (Å²) in [6.45, 7) is 0.629. The molecule has 2 heterocycles. The molecule has 2 N–H and O–H groups in total. The highest BCUT2D eigenvalue weighted by Crippen LogP contribution is 2.07. The summed E-state index contributed by atoms with van der Waals surface area (Å²) in [5.74, 6) is -0.264. The Balaban J connectivity index is 1.62. The molecular formula is C13H12N6O2. The van der Waals surface area contributed by atoms with Crippen LogP contribution in [-0.2, 0) is 6.42 Å². The van der Waals surface area contributed by atoms with Gasteiger partial charge in [-0.3, -0.25) is 0 Å². The minimum Gasteiger partial charge on any atom is -0.478 e. The largest absolute Gasteiger partial charge is 0.478 e. The first-order valence-electron chi connectivity index (χ1n) is 6.34. The molecule has 0 saturated heterocycles. The fourth-order valence-electron chi connectivity index (χ4n) is 1.94. The molecule has 8 nitrogen and oxygen atoms in total. The fraction of sp³-hybridized carbons (Fsp3) is 0.154. The van der Waals surface area contributed by atoms with E-state index in [0.29, 0.717) is 30.0 Å². The second-order valence-corrected chi connectivity index (χ2v) is 4.43. The predicted molar refractivity (Wildman–Crippen MR) is 74.2 cm³/mol. The molecule has 8 heteroatoms. The van der Waals surface area contributed by atoms with Crippen LogP contribution in [0.15, 0.2) is 36.4 Å². The number of nitrogens with one attached hydrogen (secondary N) is 1. The van der Waals surface area contributed by atoms with Gasteiger partial charge in [0.1, 0.15) is 5.82 Å². The van der Waals surface area contributed by atoms with Gasteiger partial charge in [-0.15, -0.1) is 14.8 Å². The average molecular weight is 284 g/mol. The third kappa shape index (κ3) is 2.94. The third-order valence-electron chi connectivity index (χ3n) is 2.96. The zero-order chi connectivity index (χ0) is 14.7. The number of aromatic carboxylic acids is 1. The molecule has 106 valence electrons. The molecule has 0 amide bonds. The number of tetrazole rings is 1. The molecule has 0 aliphatic heterocycles. The molecule has 2 aromatic heterocycles. The number of anilines is 1. The lowest BCUT2D eigenvalue weighted by Crippen LogP contribution is -2.09. The molecule has 0 aliphatic carbocycles. The summed E-state index contributed by atoms with van der Waals surface area (Å²) in [6, 6.07) is 10.4. The minimum atomic E-state index is -0.921. The van der Waals surface area contributed by atoms with Crippen LogP contribution in [0.25, 0.3) is 5.65 Å². The number of carboxylic acids is 1. The van der Waals surface area contributed by atoms with Crippen molar-refractivity contribution in [2.45, 2.75) is 6.42 Å². The molecular weight excluding hydrogens is 272 g/mol. The van der Waals surface area contributed by atoms with E-state index in [1.165, 1.54) is 4.63 Å². The lowest BCUT2D eigenvalue weighted by atomic mass is 10.1. The van der Waals surface area contributed by atoms with Gasteiger partial charge in [-0.05, 0) is 46.7 Å². The molecule has 0 atom stereocenters. The van der Waals surface area contributed by atoms with Crippen molar-refractivity contribution in [2.24, 2.45) is 0 Å². The third-order valence-corrected chi connectivity index (χ3v) is 2.96. The average Bonchev–Trinajstić information content (AvgIpc) is 2.95. The Labute approximate surface area is 119 Å². The van der Waals surface area contributed by atoms with Crippen molar-refractivity contribution in [1.82, 2.24) is 25.3 Å². The van der Waals surface area contributed by atoms with Gasteiger partial charge in [0.25, 0.3) is 0 Å². The Morgan fingerprint density at radius 1 is 1.29 bits per heavy atom. The van der Waals surface area contributed by atoms with Crippen LogP contribution in [-0.4, -0.2) is 42.9 Å². The van der Waals surface area contributed by atoms with Crippen LogP contribution in [0.2, 0.25) is 0 Å². The van der Waals surface area contributed by atoms with Gasteiger partial charge in [0.15, 0.2) is 5.65 Å². The van der Waals surface area contributed by atoms with Crippen molar-refractivity contribution in [3.05, 3.63) is 47.5 Å². The van der Waals surface area contributed by atoms with E-state index < -0.39 is 5.97 Å². The van der Waals surface area contributed by atoms with Crippen LogP contribution in [0.4, 0.5) is 5.82 Å². The van der Waals surface area contributed by atoms with E-state index in [4.69, 9.17) is 5.11 Å². The monoisotopic (exact) mass is 284 g/mol. The van der Waals surface area contributed by atoms with Crippen LogP contribution in [0, 0.1) is 0 Å². The first-order valence-corrected chi connectivity index (χ1v) is 6.34. The number of benzene rings is 1. The van der Waals surface area contributed by atoms with E-state index in [2.05, 4.69) is 25.9 Å². The molecule has 21 heavy (non-hydrogen) atoms. The van der Waals surface area contributed by atoms with Crippen LogP contribution in [0.1, 0.15) is 15.9 Å². The van der Waals surface area contributed by atoms with E-state index >= 15 is 0 Å². The number of rotatable bonds is 5. The zero-order valence-electron chi connectivity index (χ0n) is 11.0. The summed E-state index contributed by atoms with van der Waals surface area (Å²) in [6.07, 6.45) is 0.691. The Morgan fingerprint density at radius 3 is 3.05 bits per heavy atom. The minimum absolute atomic E-state index is 0.292. The number of aromatic nitrogens is 5. The van der Waals surface area contributed by atoms with Gasteiger partial charge in [0.05, 0.1) is 5.56 Å². The molecule has 0 fully saturated rings. The maximum atomic E-state index is 10.9. The Morgan fingerprint density at radius 2 is 2.19 bits per heavy atom. The fourth-order valence-corrected chi connectivity index (χ4v) is 1.94. The molecule has 3 rings (SSSR count). The highest BCUT2D eigenvalue weighted by atomic mass is 16.4. The molecule has 0 spiro atoms. The molecule has 0 radical (unpaired) electrons. The maximum Gasteiger partial charge on any atom is 0.335 e. The lowest BCUT2D eigenvalue weighted by molar-refractivity contribution is 0.0697. The van der Waals surface area contributed by atoms with E-state index in [1.54, 1.807) is 30.3 Å². The molecule has 1 aromatic carbocycles. The van der Waals surface area contributed by atoms with Crippen LogP contribution >= 0.6 is 0 Å².